The van der Waals surface area contributed by atoms with E-state index in [1.54, 1.807) is 19.9 Å². The smallest absolute Gasteiger partial charge is 0.189 e. The van der Waals surface area contributed by atoms with Crippen LogP contribution in [0.3, 0.4) is 0 Å². The summed E-state index contributed by atoms with van der Waals surface area (Å²) in [5.74, 6) is 0.103. The molecule has 158 valence electrons. The van der Waals surface area contributed by atoms with Crippen molar-refractivity contribution in [1.29, 1.82) is 0 Å². The number of aliphatic hydroxyl groups is 1. The number of allylic oxidation sites excluding steroid dienone is 3. The van der Waals surface area contributed by atoms with E-state index in [0.29, 0.717) is 18.4 Å². The molecule has 1 atom stereocenters. The van der Waals surface area contributed by atoms with Gasteiger partial charge in [-0.3, -0.25) is 4.79 Å². The van der Waals surface area contributed by atoms with Crippen LogP contribution >= 0.6 is 0 Å². The van der Waals surface area contributed by atoms with Gasteiger partial charge in [0.1, 0.15) is 23.4 Å². The van der Waals surface area contributed by atoms with Gasteiger partial charge in [-0.05, 0) is 75.1 Å². The first-order valence-corrected chi connectivity index (χ1v) is 9.97. The lowest BCUT2D eigenvalue weighted by Gasteiger charge is -2.24. The average molecular weight is 408 g/mol. The number of rotatable bonds is 6. The first kappa shape index (κ1) is 21.7. The highest BCUT2D eigenvalue weighted by Crippen LogP contribution is 2.34. The van der Waals surface area contributed by atoms with Crippen LogP contribution in [0.1, 0.15) is 54.7 Å². The molecular weight excluding hydrogens is 380 g/mol. The first-order valence-electron chi connectivity index (χ1n) is 9.97. The lowest BCUT2D eigenvalue weighted by Crippen LogP contribution is -2.39. The van der Waals surface area contributed by atoms with Gasteiger partial charge in [-0.15, -0.1) is 0 Å². The molecule has 3 N–H and O–H groups in total. The van der Waals surface area contributed by atoms with Crippen molar-refractivity contribution < 1.29 is 24.9 Å². The van der Waals surface area contributed by atoms with Crippen LogP contribution in [-0.2, 0) is 12.8 Å². The lowest BCUT2D eigenvalue weighted by atomic mass is 9.96. The highest BCUT2D eigenvalue weighted by atomic mass is 16.5. The van der Waals surface area contributed by atoms with Gasteiger partial charge < -0.3 is 20.1 Å². The molecule has 0 saturated heterocycles. The number of fused-ring (bicyclic) bond motifs is 1. The Hall–Kier alpha value is -3.05. The summed E-state index contributed by atoms with van der Waals surface area (Å²) in [4.78, 5) is 12.7. The molecule has 5 heteroatoms. The zero-order chi connectivity index (χ0) is 22.1. The Morgan fingerprint density at radius 2 is 1.90 bits per heavy atom. The van der Waals surface area contributed by atoms with E-state index in [2.05, 4.69) is 0 Å². The van der Waals surface area contributed by atoms with Crippen molar-refractivity contribution in [1.82, 2.24) is 0 Å². The van der Waals surface area contributed by atoms with Crippen molar-refractivity contribution in [2.45, 2.75) is 52.2 Å². The number of benzene rings is 2. The van der Waals surface area contributed by atoms with Crippen LogP contribution in [0, 0.1) is 0 Å². The number of hydrogen-bond donors (Lipinski definition) is 3. The van der Waals surface area contributed by atoms with Crippen LogP contribution in [0.15, 0.2) is 48.1 Å². The summed E-state index contributed by atoms with van der Waals surface area (Å²) in [7, 11) is 0. The minimum absolute atomic E-state index is 0.0366. The quantitative estimate of drug-likeness (QED) is 0.370. The van der Waals surface area contributed by atoms with Gasteiger partial charge in [-0.2, -0.15) is 0 Å². The van der Waals surface area contributed by atoms with Crippen LogP contribution in [0.5, 0.6) is 17.2 Å². The van der Waals surface area contributed by atoms with Gasteiger partial charge in [0.15, 0.2) is 5.78 Å². The maximum atomic E-state index is 12.7. The van der Waals surface area contributed by atoms with Crippen LogP contribution in [0.25, 0.3) is 6.08 Å². The van der Waals surface area contributed by atoms with Crippen molar-refractivity contribution in [2.75, 3.05) is 0 Å². The molecule has 1 aliphatic heterocycles. The number of ether oxygens (including phenoxy) is 1. The number of carbonyl (C=O) groups is 1. The molecule has 0 spiro atoms. The van der Waals surface area contributed by atoms with E-state index in [1.165, 1.54) is 18.2 Å². The molecular formula is C25H28O5. The zero-order valence-corrected chi connectivity index (χ0v) is 17.8. The molecule has 0 bridgehead atoms. The number of phenolic OH excluding ortho intramolecular Hbond substituents is 2. The molecule has 5 nitrogen and oxygen atoms in total. The summed E-state index contributed by atoms with van der Waals surface area (Å²) < 4.78 is 5.80. The Kier molecular flexibility index (Phi) is 6.04. The first-order chi connectivity index (χ1) is 14.0. The van der Waals surface area contributed by atoms with Crippen molar-refractivity contribution in [3.63, 3.8) is 0 Å². The van der Waals surface area contributed by atoms with E-state index < -0.39 is 5.60 Å². The number of aromatic hydroxyl groups is 2. The van der Waals surface area contributed by atoms with E-state index in [4.69, 9.17) is 4.74 Å². The standard InChI is InChI=1S/C25H28O5/c1-15(2)5-8-17-12-19(22(28)14-21(17)27)20(26)9-6-16-7-10-23-18(11-16)13-24(30-23)25(3,4)29/h5-7,9-12,14,24,27-29H,8,13H2,1-4H3/b9-6+/t24-/m1/s1. The van der Waals surface area contributed by atoms with E-state index >= 15 is 0 Å². The van der Waals surface area contributed by atoms with Crippen LogP contribution in [0.4, 0.5) is 0 Å². The summed E-state index contributed by atoms with van der Waals surface area (Å²) in [5, 5.41) is 30.3. The maximum absolute atomic E-state index is 12.7. The molecule has 1 heterocycles. The normalized spacial score (nSPS) is 15.7. The minimum atomic E-state index is -0.940. The number of hydrogen-bond acceptors (Lipinski definition) is 5. The van der Waals surface area contributed by atoms with Gasteiger partial charge in [0.2, 0.25) is 0 Å². The third kappa shape index (κ3) is 4.92. The largest absolute Gasteiger partial charge is 0.508 e. The molecule has 30 heavy (non-hydrogen) atoms. The van der Waals surface area contributed by atoms with Crippen molar-refractivity contribution in [3.8, 4) is 17.2 Å². The number of ketones is 1. The van der Waals surface area contributed by atoms with Gasteiger partial charge in [0.25, 0.3) is 0 Å². The fourth-order valence-corrected chi connectivity index (χ4v) is 3.32. The summed E-state index contributed by atoms with van der Waals surface area (Å²) in [5.41, 5.74) is 2.69. The third-order valence-corrected chi connectivity index (χ3v) is 5.17. The maximum Gasteiger partial charge on any atom is 0.189 e. The number of carbonyl (C=O) groups excluding carboxylic acids is 1. The molecule has 0 radical (unpaired) electrons. The Morgan fingerprint density at radius 3 is 2.57 bits per heavy atom. The Labute approximate surface area is 177 Å². The molecule has 2 aromatic carbocycles. The fraction of sp³-hybridized carbons (Fsp3) is 0.320. The van der Waals surface area contributed by atoms with Gasteiger partial charge in [-0.25, -0.2) is 0 Å². The van der Waals surface area contributed by atoms with Gasteiger partial charge in [0.05, 0.1) is 11.2 Å². The molecule has 2 aromatic rings. The molecule has 0 amide bonds. The third-order valence-electron chi connectivity index (χ3n) is 5.17. The van der Waals surface area contributed by atoms with Crippen molar-refractivity contribution in [3.05, 3.63) is 70.3 Å². The Bertz CT molecular complexity index is 1020. The highest BCUT2D eigenvalue weighted by molar-refractivity contribution is 6.08. The SMILES string of the molecule is CC(C)=CCc1cc(C(=O)/C=C/c2ccc3c(c2)C[C@H](C(C)(C)O)O3)c(O)cc1O. The predicted molar refractivity (Wildman–Crippen MR) is 117 cm³/mol. The zero-order valence-electron chi connectivity index (χ0n) is 17.8. The topological polar surface area (TPSA) is 87.0 Å². The summed E-state index contributed by atoms with van der Waals surface area (Å²) in [6, 6.07) is 8.34. The second kappa shape index (κ2) is 8.36. The van der Waals surface area contributed by atoms with E-state index in [0.717, 1.165) is 22.4 Å². The van der Waals surface area contributed by atoms with E-state index in [1.807, 2.05) is 38.1 Å². The van der Waals surface area contributed by atoms with Crippen LogP contribution < -0.4 is 4.74 Å². The van der Waals surface area contributed by atoms with Crippen LogP contribution in [0.2, 0.25) is 0 Å². The predicted octanol–water partition coefficient (Wildman–Crippen LogP) is 4.58. The van der Waals surface area contributed by atoms with Gasteiger partial charge >= 0.3 is 0 Å². The molecule has 1 aliphatic rings. The van der Waals surface area contributed by atoms with Crippen LogP contribution in [-0.4, -0.2) is 32.8 Å². The second-order valence-corrected chi connectivity index (χ2v) is 8.51. The molecule has 0 unspecified atom stereocenters. The van der Waals surface area contributed by atoms with Crippen molar-refractivity contribution in [2.24, 2.45) is 0 Å². The summed E-state index contributed by atoms with van der Waals surface area (Å²) in [6.45, 7) is 7.35. The summed E-state index contributed by atoms with van der Waals surface area (Å²) >= 11 is 0. The van der Waals surface area contributed by atoms with Gasteiger partial charge in [0, 0.05) is 12.5 Å². The van der Waals surface area contributed by atoms with Gasteiger partial charge in [-0.1, -0.05) is 23.8 Å². The molecule has 0 aromatic heterocycles. The Balaban J connectivity index is 1.79. The van der Waals surface area contributed by atoms with E-state index in [9.17, 15) is 20.1 Å². The van der Waals surface area contributed by atoms with Crippen molar-refractivity contribution >= 4 is 11.9 Å². The minimum Gasteiger partial charge on any atom is -0.508 e. The summed E-state index contributed by atoms with van der Waals surface area (Å²) in [6.07, 6.45) is 5.81. The average Bonchev–Trinajstić information content (AvgIpc) is 3.09. The molecule has 3 rings (SSSR count). The lowest BCUT2D eigenvalue weighted by molar-refractivity contribution is -0.0229. The highest BCUT2D eigenvalue weighted by Gasteiger charge is 2.34. The monoisotopic (exact) mass is 408 g/mol. The van der Waals surface area contributed by atoms with E-state index in [-0.39, 0.29) is 28.9 Å². The fourth-order valence-electron chi connectivity index (χ4n) is 3.32. The number of phenols is 2. The molecule has 0 saturated carbocycles. The molecule has 0 fully saturated rings. The Morgan fingerprint density at radius 1 is 1.17 bits per heavy atom. The second-order valence-electron chi connectivity index (χ2n) is 8.51. The molecule has 0 aliphatic carbocycles.